The molecule has 0 heterocycles. The Labute approximate surface area is 151 Å². The zero-order chi connectivity index (χ0) is 17.8. The number of allylic oxidation sites excluding steroid dienone is 1. The molecule has 25 heavy (non-hydrogen) atoms. The van der Waals surface area contributed by atoms with Crippen LogP contribution in [0.5, 0.6) is 0 Å². The summed E-state index contributed by atoms with van der Waals surface area (Å²) in [5.74, 6) is 2.51. The molecule has 0 aromatic heterocycles. The summed E-state index contributed by atoms with van der Waals surface area (Å²) in [7, 11) is 0. The van der Waals surface area contributed by atoms with Crippen LogP contribution < -0.4 is 0 Å². The number of nitrogens with zero attached hydrogens (tertiary/aromatic N) is 1. The van der Waals surface area contributed by atoms with Crippen LogP contribution in [0.3, 0.4) is 0 Å². The monoisotopic (exact) mass is 339 g/mol. The van der Waals surface area contributed by atoms with Gasteiger partial charge in [-0.15, -0.1) is 0 Å². The summed E-state index contributed by atoms with van der Waals surface area (Å²) in [5.41, 5.74) is 1.51. The topological polar surface area (TPSA) is 38.5 Å². The van der Waals surface area contributed by atoms with Gasteiger partial charge in [0.25, 0.3) is 0 Å². The number of Topliss-reactive ketones (excluding diaryl/α,β-unsaturated/α-hetero) is 1. The van der Waals surface area contributed by atoms with Gasteiger partial charge < -0.3 is 4.85 Å². The molecular formula is C22H29NO2. The fraction of sp³-hybridized carbons (Fsp3) is 0.773. The Kier molecular flexibility index (Phi) is 3.94. The largest absolute Gasteiger partial charge is 0.316 e. The first-order chi connectivity index (χ1) is 11.9. The lowest BCUT2D eigenvalue weighted by Crippen LogP contribution is -2.52. The molecule has 3 saturated carbocycles. The van der Waals surface area contributed by atoms with Gasteiger partial charge in [0.2, 0.25) is 6.54 Å². The number of carbonyl (C=O) groups is 2. The predicted octanol–water partition coefficient (Wildman–Crippen LogP) is 4.62. The van der Waals surface area contributed by atoms with E-state index in [-0.39, 0.29) is 16.7 Å². The highest BCUT2D eigenvalue weighted by Crippen LogP contribution is 2.66. The molecule has 0 bridgehead atoms. The summed E-state index contributed by atoms with van der Waals surface area (Å²) >= 11 is 0. The van der Waals surface area contributed by atoms with Crippen LogP contribution in [0.2, 0.25) is 0 Å². The maximum Gasteiger partial charge on any atom is 0.221 e. The summed E-state index contributed by atoms with van der Waals surface area (Å²) in [6, 6.07) is 0. The van der Waals surface area contributed by atoms with Crippen molar-refractivity contribution in [3.63, 3.8) is 0 Å². The molecule has 3 heteroatoms. The molecule has 4 aliphatic rings. The molecule has 3 fully saturated rings. The minimum atomic E-state index is -0.0587. The minimum Gasteiger partial charge on any atom is -0.316 e. The molecule has 0 radical (unpaired) electrons. The Morgan fingerprint density at radius 2 is 2.00 bits per heavy atom. The standard InChI is InChI=1S/C22H29NO2/c1-14(24)18-6-7-20-17-5-4-15-12-16(25)8-10-21(15,2)19(17)9-11-22(18,20)13-23-3/h12,17-20H,4-11,13H2,1-2H3/t17-,18-,19-,20+,21-,22+/m1/s1. The highest BCUT2D eigenvalue weighted by molar-refractivity contribution is 5.91. The first-order valence-corrected chi connectivity index (χ1v) is 10.00. The lowest BCUT2D eigenvalue weighted by atomic mass is 9.46. The van der Waals surface area contributed by atoms with E-state index in [1.54, 1.807) is 6.92 Å². The molecule has 6 atom stereocenters. The smallest absolute Gasteiger partial charge is 0.221 e. The van der Waals surface area contributed by atoms with Crippen LogP contribution in [0, 0.1) is 41.1 Å². The second-order valence-electron chi connectivity index (χ2n) is 9.30. The Balaban J connectivity index is 1.70. The molecule has 3 nitrogen and oxygen atoms in total. The molecule has 0 aliphatic heterocycles. The van der Waals surface area contributed by atoms with E-state index in [1.807, 2.05) is 6.08 Å². The van der Waals surface area contributed by atoms with Crippen molar-refractivity contribution in [3.05, 3.63) is 23.1 Å². The fourth-order valence-electron chi connectivity index (χ4n) is 7.43. The van der Waals surface area contributed by atoms with Gasteiger partial charge in [0.1, 0.15) is 5.78 Å². The third-order valence-corrected chi connectivity index (χ3v) is 8.54. The Bertz CT molecular complexity index is 687. The van der Waals surface area contributed by atoms with Gasteiger partial charge in [-0.2, -0.15) is 0 Å². The maximum atomic E-state index is 12.3. The van der Waals surface area contributed by atoms with Crippen molar-refractivity contribution in [1.82, 2.24) is 0 Å². The van der Waals surface area contributed by atoms with Gasteiger partial charge in [-0.3, -0.25) is 9.59 Å². The first kappa shape index (κ1) is 17.0. The van der Waals surface area contributed by atoms with Crippen LogP contribution in [0.1, 0.15) is 65.2 Å². The van der Waals surface area contributed by atoms with E-state index in [9.17, 15) is 9.59 Å². The van der Waals surface area contributed by atoms with Gasteiger partial charge in [0.15, 0.2) is 5.78 Å². The zero-order valence-corrected chi connectivity index (χ0v) is 15.5. The molecule has 4 aliphatic carbocycles. The highest BCUT2D eigenvalue weighted by Gasteiger charge is 2.63. The Hall–Kier alpha value is -1.43. The summed E-state index contributed by atoms with van der Waals surface area (Å²) in [5, 5.41) is 0. The van der Waals surface area contributed by atoms with Crippen LogP contribution in [0.25, 0.3) is 4.85 Å². The molecule has 0 amide bonds. The van der Waals surface area contributed by atoms with Crippen molar-refractivity contribution >= 4 is 11.6 Å². The van der Waals surface area contributed by atoms with E-state index in [0.29, 0.717) is 42.3 Å². The second kappa shape index (κ2) is 5.79. The summed E-state index contributed by atoms with van der Waals surface area (Å²) in [6.45, 7) is 12.2. The molecule has 0 saturated heterocycles. The van der Waals surface area contributed by atoms with Gasteiger partial charge in [-0.05, 0) is 81.1 Å². The molecule has 134 valence electrons. The third-order valence-electron chi connectivity index (χ3n) is 8.54. The van der Waals surface area contributed by atoms with Crippen LogP contribution in [-0.4, -0.2) is 18.1 Å². The average molecular weight is 339 g/mol. The Morgan fingerprint density at radius 1 is 1.20 bits per heavy atom. The van der Waals surface area contributed by atoms with E-state index in [2.05, 4.69) is 11.8 Å². The number of rotatable bonds is 2. The number of hydrogen-bond donors (Lipinski definition) is 0. The maximum absolute atomic E-state index is 12.3. The number of fused-ring (bicyclic) bond motifs is 5. The van der Waals surface area contributed by atoms with Gasteiger partial charge >= 0.3 is 0 Å². The fourth-order valence-corrected chi connectivity index (χ4v) is 7.43. The van der Waals surface area contributed by atoms with Crippen LogP contribution >= 0.6 is 0 Å². The van der Waals surface area contributed by atoms with Crippen LogP contribution in [0.4, 0.5) is 0 Å². The van der Waals surface area contributed by atoms with Crippen LogP contribution in [-0.2, 0) is 9.59 Å². The average Bonchev–Trinajstić information content (AvgIpc) is 2.95. The second-order valence-corrected chi connectivity index (χ2v) is 9.30. The van der Waals surface area contributed by atoms with Crippen molar-refractivity contribution < 1.29 is 9.59 Å². The minimum absolute atomic E-state index is 0.0587. The van der Waals surface area contributed by atoms with Crippen molar-refractivity contribution in [3.8, 4) is 0 Å². The van der Waals surface area contributed by atoms with Crippen molar-refractivity contribution in [1.29, 1.82) is 0 Å². The third kappa shape index (κ3) is 2.29. The van der Waals surface area contributed by atoms with Gasteiger partial charge in [-0.25, -0.2) is 6.57 Å². The lowest BCUT2D eigenvalue weighted by molar-refractivity contribution is -0.128. The van der Waals surface area contributed by atoms with Crippen molar-refractivity contribution in [2.45, 2.75) is 65.2 Å². The molecule has 0 unspecified atom stereocenters. The van der Waals surface area contributed by atoms with Gasteiger partial charge in [-0.1, -0.05) is 12.5 Å². The number of ketones is 2. The van der Waals surface area contributed by atoms with E-state index in [0.717, 1.165) is 44.9 Å². The highest BCUT2D eigenvalue weighted by atomic mass is 16.1. The summed E-state index contributed by atoms with van der Waals surface area (Å²) in [6.07, 6.45) is 10.1. The molecule has 0 aromatic carbocycles. The molecule has 0 N–H and O–H groups in total. The first-order valence-electron chi connectivity index (χ1n) is 10.00. The van der Waals surface area contributed by atoms with E-state index >= 15 is 0 Å². The normalized spacial score (nSPS) is 45.6. The molecule has 4 rings (SSSR count). The van der Waals surface area contributed by atoms with E-state index < -0.39 is 0 Å². The van der Waals surface area contributed by atoms with Crippen molar-refractivity contribution in [2.24, 2.45) is 34.5 Å². The van der Waals surface area contributed by atoms with E-state index in [4.69, 9.17) is 6.57 Å². The zero-order valence-electron chi connectivity index (χ0n) is 15.5. The molecule has 0 spiro atoms. The van der Waals surface area contributed by atoms with Crippen molar-refractivity contribution in [2.75, 3.05) is 6.54 Å². The lowest BCUT2D eigenvalue weighted by Gasteiger charge is -2.57. The molecular weight excluding hydrogens is 310 g/mol. The summed E-state index contributed by atoms with van der Waals surface area (Å²) in [4.78, 5) is 28.0. The van der Waals surface area contributed by atoms with Crippen LogP contribution in [0.15, 0.2) is 11.6 Å². The SMILES string of the molecule is [C-]#[N+]C[C@]12CC[C@@H]3[C@@H](CCC4=CC(=O)CC[C@]43C)[C@@H]1CC[C@@H]2C(C)=O. The van der Waals surface area contributed by atoms with Gasteiger partial charge in [0, 0.05) is 12.3 Å². The molecule has 0 aromatic rings. The predicted molar refractivity (Wildman–Crippen MR) is 96.7 cm³/mol. The summed E-state index contributed by atoms with van der Waals surface area (Å²) < 4.78 is 0. The number of carbonyl (C=O) groups excluding carboxylic acids is 2. The quantitative estimate of drug-likeness (QED) is 0.688. The van der Waals surface area contributed by atoms with E-state index in [1.165, 1.54) is 5.57 Å². The number of hydrogen-bond acceptors (Lipinski definition) is 2. The van der Waals surface area contributed by atoms with Gasteiger partial charge in [0.05, 0.1) is 5.41 Å². The Morgan fingerprint density at radius 3 is 2.72 bits per heavy atom.